The first-order valence-corrected chi connectivity index (χ1v) is 21.1. The van der Waals surface area contributed by atoms with Crippen molar-refractivity contribution < 1.29 is 56.6 Å². The number of nitrogens with one attached hydrogen (secondary N) is 1. The number of hydroxylamine groups is 2. The molecule has 1 unspecified atom stereocenters. The molecule has 0 aliphatic carbocycles. The fourth-order valence-electron chi connectivity index (χ4n) is 4.12. The van der Waals surface area contributed by atoms with Crippen LogP contribution in [0.2, 0.25) is 10.0 Å². The summed E-state index contributed by atoms with van der Waals surface area (Å²) in [7, 11) is -2.81. The summed E-state index contributed by atoms with van der Waals surface area (Å²) in [6.07, 6.45) is 0.571. The summed E-state index contributed by atoms with van der Waals surface area (Å²) in [4.78, 5) is 81.5. The van der Waals surface area contributed by atoms with Crippen molar-refractivity contribution in [2.45, 2.75) is 46.5 Å². The maximum Gasteiger partial charge on any atom is 0.431 e. The van der Waals surface area contributed by atoms with E-state index < -0.39 is 67.0 Å². The number of amides is 1. The van der Waals surface area contributed by atoms with Gasteiger partial charge in [0.25, 0.3) is 11.5 Å². The van der Waals surface area contributed by atoms with Gasteiger partial charge < -0.3 is 24.2 Å². The van der Waals surface area contributed by atoms with Crippen LogP contribution in [0.5, 0.6) is 0 Å². The normalized spacial score (nSPS) is 14.4. The SMILES string of the molecule is CC(C)OC(=O)c1cc(-n2c(=O)cc(C(F)(F)F)n(C)c2=O)ccc1Cl.CC1(C)CON(Cc2ccccc2Cl)C1=O.C[S+](C)C.O=C(O)CNCP(=O)([O-])O. The van der Waals surface area contributed by atoms with Crippen LogP contribution < -0.4 is 21.5 Å². The third-order valence-corrected chi connectivity index (χ3v) is 7.95. The average Bonchev–Trinajstić information content (AvgIpc) is 3.30. The van der Waals surface area contributed by atoms with Gasteiger partial charge in [0.1, 0.15) is 13.3 Å². The van der Waals surface area contributed by atoms with Gasteiger partial charge in [0.05, 0.1) is 72.5 Å². The number of alkyl halides is 3. The average molecular weight is 876 g/mol. The Morgan fingerprint density at radius 1 is 1.07 bits per heavy atom. The summed E-state index contributed by atoms with van der Waals surface area (Å²) in [5, 5.41) is 12.0. The van der Waals surface area contributed by atoms with Gasteiger partial charge in [-0.25, -0.2) is 19.2 Å². The van der Waals surface area contributed by atoms with E-state index in [0.29, 0.717) is 44.3 Å². The summed E-state index contributed by atoms with van der Waals surface area (Å²) in [5.74, 6) is -1.95. The number of esters is 1. The van der Waals surface area contributed by atoms with E-state index in [9.17, 15) is 46.6 Å². The standard InChI is InChI=1S/C16H14ClF3N2O4.C12H14ClNO2.C3H8NO5P.C3H9S/c1-8(2)26-14(24)10-6-9(4-5-11(10)17)22-13(23)7-12(16(18,19)20)21(3)15(22)25;1-12(2)8-16-14(11(12)15)7-9-5-3-4-6-10(9)13;5-3(6)1-4-2-10(7,8)9;1-4(2)3/h4-8H,1-3H3;3-6H,7-8H2,1-2H3;4H,1-2H2,(H,5,6)(H2,7,8,9);1-3H3/q;;;+1/p-1. The highest BCUT2D eigenvalue weighted by Crippen LogP contribution is 2.30. The number of hydrogen-bond donors (Lipinski definition) is 3. The summed E-state index contributed by atoms with van der Waals surface area (Å²) in [5.41, 5.74) is -3.54. The molecule has 1 aromatic heterocycles. The molecule has 1 aliphatic heterocycles. The molecule has 1 aliphatic rings. The van der Waals surface area contributed by atoms with Gasteiger partial charge in [-0.1, -0.05) is 41.4 Å². The fourth-order valence-corrected chi connectivity index (χ4v) is 4.91. The molecular formula is C34H44Cl2F3N4O11PS. The van der Waals surface area contributed by atoms with Crippen molar-refractivity contribution in [2.75, 3.05) is 38.2 Å². The minimum absolute atomic E-state index is 0.00687. The molecule has 0 radical (unpaired) electrons. The van der Waals surface area contributed by atoms with Crippen LogP contribution >= 0.6 is 30.8 Å². The number of benzene rings is 2. The van der Waals surface area contributed by atoms with Crippen molar-refractivity contribution in [2.24, 2.45) is 12.5 Å². The highest BCUT2D eigenvalue weighted by atomic mass is 35.5. The highest BCUT2D eigenvalue weighted by Gasteiger charge is 2.40. The molecule has 2 heterocycles. The maximum atomic E-state index is 12.9. The third kappa shape index (κ3) is 16.8. The van der Waals surface area contributed by atoms with Gasteiger partial charge in [0.15, 0.2) is 0 Å². The lowest BCUT2D eigenvalue weighted by atomic mass is 9.95. The quantitative estimate of drug-likeness (QED) is 0.158. The Balaban J connectivity index is 0.000000442. The lowest BCUT2D eigenvalue weighted by Crippen LogP contribution is -2.40. The van der Waals surface area contributed by atoms with Crippen molar-refractivity contribution in [3.63, 3.8) is 0 Å². The molecular weight excluding hydrogens is 831 g/mol. The molecule has 0 spiro atoms. The largest absolute Gasteiger partial charge is 0.778 e. The molecule has 15 nitrogen and oxygen atoms in total. The molecule has 0 saturated carbocycles. The Kier molecular flexibility index (Phi) is 19.5. The van der Waals surface area contributed by atoms with Gasteiger partial charge in [-0.3, -0.25) is 29.1 Å². The number of aliphatic carboxylic acids is 1. The van der Waals surface area contributed by atoms with Crippen LogP contribution in [0.1, 0.15) is 49.3 Å². The molecule has 22 heteroatoms. The monoisotopic (exact) mass is 874 g/mol. The Labute approximate surface area is 333 Å². The smallest absolute Gasteiger partial charge is 0.431 e. The molecule has 56 heavy (non-hydrogen) atoms. The van der Waals surface area contributed by atoms with Gasteiger partial charge in [-0.15, -0.1) is 0 Å². The molecule has 312 valence electrons. The number of ether oxygens (including phenoxy) is 1. The van der Waals surface area contributed by atoms with Crippen molar-refractivity contribution in [1.29, 1.82) is 0 Å². The first-order valence-electron chi connectivity index (χ1n) is 16.1. The van der Waals surface area contributed by atoms with E-state index in [4.69, 9.17) is 42.8 Å². The molecule has 1 fully saturated rings. The number of carboxylic acids is 1. The van der Waals surface area contributed by atoms with E-state index in [1.54, 1.807) is 13.8 Å². The molecule has 0 bridgehead atoms. The Morgan fingerprint density at radius 2 is 1.64 bits per heavy atom. The maximum absolute atomic E-state index is 12.9. The van der Waals surface area contributed by atoms with Crippen LogP contribution in [-0.4, -0.2) is 86.4 Å². The fraction of sp³-hybridized carbons (Fsp3) is 0.441. The lowest BCUT2D eigenvalue weighted by Gasteiger charge is -2.16. The van der Waals surface area contributed by atoms with E-state index >= 15 is 0 Å². The molecule has 1 amide bonds. The van der Waals surface area contributed by atoms with E-state index in [0.717, 1.165) is 18.7 Å². The Bertz CT molecular complexity index is 2000. The van der Waals surface area contributed by atoms with E-state index in [-0.39, 0.29) is 22.2 Å². The molecule has 3 aromatic rings. The summed E-state index contributed by atoms with van der Waals surface area (Å²) in [6, 6.07) is 11.4. The van der Waals surface area contributed by atoms with Gasteiger partial charge in [-0.05, 0) is 68.4 Å². The zero-order valence-electron chi connectivity index (χ0n) is 31.7. The van der Waals surface area contributed by atoms with Crippen LogP contribution in [0.25, 0.3) is 5.69 Å². The summed E-state index contributed by atoms with van der Waals surface area (Å²) < 4.78 is 54.5. The topological polar surface area (TPSA) is 210 Å². The number of hydrogen-bond acceptors (Lipinski definition) is 10. The number of aromatic nitrogens is 2. The molecule has 2 aromatic carbocycles. The van der Waals surface area contributed by atoms with Crippen LogP contribution in [-0.2, 0) is 54.4 Å². The number of halogens is 5. The van der Waals surface area contributed by atoms with E-state index in [1.165, 1.54) is 17.2 Å². The predicted molar refractivity (Wildman–Crippen MR) is 205 cm³/mol. The molecule has 1 atom stereocenters. The van der Waals surface area contributed by atoms with Crippen LogP contribution in [0.4, 0.5) is 13.2 Å². The van der Waals surface area contributed by atoms with Crippen molar-refractivity contribution in [1.82, 2.24) is 19.5 Å². The van der Waals surface area contributed by atoms with Crippen molar-refractivity contribution >= 4 is 59.5 Å². The molecule has 3 N–H and O–H groups in total. The van der Waals surface area contributed by atoms with Gasteiger partial charge in [-0.2, -0.15) is 13.2 Å². The Morgan fingerprint density at radius 3 is 2.11 bits per heavy atom. The minimum atomic E-state index is -4.86. The first kappa shape index (κ1) is 50.3. The predicted octanol–water partition coefficient (Wildman–Crippen LogP) is 4.07. The lowest BCUT2D eigenvalue weighted by molar-refractivity contribution is -0.193. The van der Waals surface area contributed by atoms with Crippen LogP contribution in [0.3, 0.4) is 0 Å². The number of carbonyl (C=O) groups excluding carboxylic acids is 2. The second-order valence-corrected chi connectivity index (χ2v) is 17.9. The number of nitrogens with zero attached hydrogens (tertiary/aromatic N) is 3. The minimum Gasteiger partial charge on any atom is -0.778 e. The third-order valence-electron chi connectivity index (χ3n) is 6.63. The zero-order chi connectivity index (χ0) is 43.3. The van der Waals surface area contributed by atoms with Crippen molar-refractivity contribution in [3.8, 4) is 5.69 Å². The van der Waals surface area contributed by atoms with Gasteiger partial charge in [0.2, 0.25) is 0 Å². The van der Waals surface area contributed by atoms with Crippen LogP contribution in [0, 0.1) is 5.41 Å². The van der Waals surface area contributed by atoms with Gasteiger partial charge in [0, 0.05) is 18.1 Å². The summed E-state index contributed by atoms with van der Waals surface area (Å²) >= 11 is 12.0. The van der Waals surface area contributed by atoms with E-state index in [2.05, 4.69) is 18.8 Å². The van der Waals surface area contributed by atoms with Crippen LogP contribution in [0.15, 0.2) is 58.1 Å². The van der Waals surface area contributed by atoms with E-state index in [1.807, 2.05) is 43.4 Å². The number of carbonyl (C=O) groups is 3. The number of carboxylic acid groups (broad SMARTS) is 1. The molecule has 4 rings (SSSR count). The van der Waals surface area contributed by atoms with Gasteiger partial charge >= 0.3 is 23.8 Å². The van der Waals surface area contributed by atoms with Crippen molar-refractivity contribution in [3.05, 3.63) is 96.2 Å². The molecule has 1 saturated heterocycles. The number of rotatable bonds is 9. The second-order valence-electron chi connectivity index (χ2n) is 13.1. The summed E-state index contributed by atoms with van der Waals surface area (Å²) in [6.45, 7) is 7.34. The Hall–Kier alpha value is -3.68. The zero-order valence-corrected chi connectivity index (χ0v) is 34.9. The first-order chi connectivity index (χ1) is 25.6. The second kappa shape index (κ2) is 21.7. The highest BCUT2D eigenvalue weighted by molar-refractivity contribution is 7.94.